The van der Waals surface area contributed by atoms with Crippen molar-refractivity contribution in [3.05, 3.63) is 57.9 Å². The van der Waals surface area contributed by atoms with E-state index < -0.39 is 22.2 Å². The van der Waals surface area contributed by atoms with E-state index in [9.17, 15) is 24.0 Å². The van der Waals surface area contributed by atoms with Crippen molar-refractivity contribution >= 4 is 34.6 Å². The number of hydrogen-bond acceptors (Lipinski definition) is 11. The number of hydrogen-bond donors (Lipinski definition) is 3. The standard InChI is InChI=1S/C25H30F2N8O4/c1-25(2,36)15-8-16(26)17(27)9-18(15)30-23-28-13-29-24(32-23)31-19-10-21(35(37)38)20(11-22(19)39-5)34-7-6-14(12-34)33(3)4/h8-11,13-14,36H,6-7,12H2,1-5H3,(H2,28,29,30,31,32)/t14-/m1/s1. The van der Waals surface area contributed by atoms with Gasteiger partial charge in [0, 0.05) is 42.9 Å². The maximum absolute atomic E-state index is 14.0. The number of benzene rings is 2. The van der Waals surface area contributed by atoms with Crippen LogP contribution in [0.4, 0.5) is 43.4 Å². The topological polar surface area (TPSA) is 142 Å². The molecular weight excluding hydrogens is 514 g/mol. The normalized spacial score (nSPS) is 15.5. The molecule has 12 nitrogen and oxygen atoms in total. The fraction of sp³-hybridized carbons (Fsp3) is 0.400. The van der Waals surface area contributed by atoms with Crippen LogP contribution < -0.4 is 20.3 Å². The highest BCUT2D eigenvalue weighted by molar-refractivity contribution is 5.77. The summed E-state index contributed by atoms with van der Waals surface area (Å²) in [5, 5.41) is 28.1. The maximum Gasteiger partial charge on any atom is 0.294 e. The number of aromatic nitrogens is 3. The monoisotopic (exact) mass is 544 g/mol. The maximum atomic E-state index is 14.0. The van der Waals surface area contributed by atoms with E-state index in [0.717, 1.165) is 18.6 Å². The predicted molar refractivity (Wildman–Crippen MR) is 142 cm³/mol. The number of anilines is 5. The third kappa shape index (κ3) is 6.12. The number of ether oxygens (including phenoxy) is 1. The van der Waals surface area contributed by atoms with E-state index in [1.54, 1.807) is 6.07 Å². The Morgan fingerprint density at radius 3 is 2.33 bits per heavy atom. The first-order valence-electron chi connectivity index (χ1n) is 12.1. The second-order valence-electron chi connectivity index (χ2n) is 9.90. The van der Waals surface area contributed by atoms with Crippen molar-refractivity contribution in [2.45, 2.75) is 31.9 Å². The second kappa shape index (κ2) is 10.9. The van der Waals surface area contributed by atoms with Gasteiger partial charge in [0.15, 0.2) is 11.6 Å². The van der Waals surface area contributed by atoms with E-state index in [2.05, 4.69) is 30.5 Å². The van der Waals surface area contributed by atoms with Crippen LogP contribution in [0.1, 0.15) is 25.8 Å². The van der Waals surface area contributed by atoms with Crippen molar-refractivity contribution in [2.24, 2.45) is 0 Å². The summed E-state index contributed by atoms with van der Waals surface area (Å²) in [7, 11) is 5.41. The lowest BCUT2D eigenvalue weighted by molar-refractivity contribution is -0.384. The highest BCUT2D eigenvalue weighted by Crippen LogP contribution is 2.40. The molecule has 1 aliphatic rings. The third-order valence-corrected chi connectivity index (χ3v) is 6.51. The summed E-state index contributed by atoms with van der Waals surface area (Å²) in [6, 6.07) is 5.02. The Labute approximate surface area is 223 Å². The Balaban J connectivity index is 1.64. The van der Waals surface area contributed by atoms with Gasteiger partial charge in [-0.1, -0.05) is 0 Å². The summed E-state index contributed by atoms with van der Waals surface area (Å²) < 4.78 is 33.3. The van der Waals surface area contributed by atoms with Gasteiger partial charge in [-0.05, 0) is 40.4 Å². The van der Waals surface area contributed by atoms with Crippen LogP contribution in [0.25, 0.3) is 0 Å². The molecule has 2 aromatic carbocycles. The van der Waals surface area contributed by atoms with Gasteiger partial charge in [0.25, 0.3) is 5.69 Å². The molecule has 3 aromatic rings. The van der Waals surface area contributed by atoms with E-state index in [0.29, 0.717) is 24.5 Å². The first-order valence-corrected chi connectivity index (χ1v) is 12.1. The molecule has 3 N–H and O–H groups in total. The van der Waals surface area contributed by atoms with Crippen molar-refractivity contribution in [2.75, 3.05) is 49.8 Å². The van der Waals surface area contributed by atoms with Crippen LogP contribution in [-0.2, 0) is 5.60 Å². The van der Waals surface area contributed by atoms with E-state index in [-0.39, 0.29) is 40.6 Å². The number of nitrogens with one attached hydrogen (secondary N) is 2. The second-order valence-corrected chi connectivity index (χ2v) is 9.90. The molecule has 0 unspecified atom stereocenters. The number of methoxy groups -OCH3 is 1. The molecule has 1 aromatic heterocycles. The zero-order chi connectivity index (χ0) is 28.5. The summed E-state index contributed by atoms with van der Waals surface area (Å²) >= 11 is 0. The molecule has 0 bridgehead atoms. The highest BCUT2D eigenvalue weighted by Gasteiger charge is 2.30. The largest absolute Gasteiger partial charge is 0.494 e. The Morgan fingerprint density at radius 2 is 1.77 bits per heavy atom. The summed E-state index contributed by atoms with van der Waals surface area (Å²) in [6.07, 6.45) is 2.04. The smallest absolute Gasteiger partial charge is 0.294 e. The lowest BCUT2D eigenvalue weighted by atomic mass is 9.96. The molecule has 39 heavy (non-hydrogen) atoms. The fourth-order valence-corrected chi connectivity index (χ4v) is 4.42. The van der Waals surface area contributed by atoms with Gasteiger partial charge >= 0.3 is 0 Å². The van der Waals surface area contributed by atoms with Crippen molar-refractivity contribution < 1.29 is 23.5 Å². The molecule has 1 fully saturated rings. The molecule has 0 saturated carbocycles. The van der Waals surface area contributed by atoms with Crippen molar-refractivity contribution in [3.63, 3.8) is 0 Å². The van der Waals surface area contributed by atoms with E-state index >= 15 is 0 Å². The Bertz CT molecular complexity index is 1380. The van der Waals surface area contributed by atoms with Crippen LogP contribution >= 0.6 is 0 Å². The summed E-state index contributed by atoms with van der Waals surface area (Å²) in [5.74, 6) is -1.93. The Kier molecular flexibility index (Phi) is 7.79. The minimum absolute atomic E-state index is 0.00841. The van der Waals surface area contributed by atoms with Gasteiger partial charge in [-0.15, -0.1) is 0 Å². The number of likely N-dealkylation sites (N-methyl/N-ethyl adjacent to an activating group) is 1. The van der Waals surface area contributed by atoms with Crippen LogP contribution in [0, 0.1) is 21.7 Å². The molecule has 208 valence electrons. The first kappa shape index (κ1) is 27.9. The zero-order valence-corrected chi connectivity index (χ0v) is 22.2. The lowest BCUT2D eigenvalue weighted by Crippen LogP contribution is -2.31. The van der Waals surface area contributed by atoms with Crippen molar-refractivity contribution in [1.82, 2.24) is 19.9 Å². The van der Waals surface area contributed by atoms with Crippen LogP contribution in [0.3, 0.4) is 0 Å². The summed E-state index contributed by atoms with van der Waals surface area (Å²) in [5.41, 5.74) is -0.774. The fourth-order valence-electron chi connectivity index (χ4n) is 4.42. The molecule has 0 aliphatic carbocycles. The molecule has 4 rings (SSSR count). The molecule has 1 aliphatic heterocycles. The minimum Gasteiger partial charge on any atom is -0.494 e. The number of halogens is 2. The van der Waals surface area contributed by atoms with Crippen LogP contribution in [-0.4, -0.2) is 70.2 Å². The van der Waals surface area contributed by atoms with Crippen molar-refractivity contribution in [1.29, 1.82) is 0 Å². The SMILES string of the molecule is COc1cc(N2CC[C@@H](N(C)C)C2)c([N+](=O)[O-])cc1Nc1ncnc(Nc2cc(F)c(F)cc2C(C)(C)O)n1. The molecular formula is C25H30F2N8O4. The summed E-state index contributed by atoms with van der Waals surface area (Å²) in [6.45, 7) is 4.16. The quantitative estimate of drug-likeness (QED) is 0.266. The van der Waals surface area contributed by atoms with Gasteiger partial charge in [-0.2, -0.15) is 4.98 Å². The minimum atomic E-state index is -1.50. The van der Waals surface area contributed by atoms with Gasteiger partial charge in [0.1, 0.15) is 17.8 Å². The average molecular weight is 545 g/mol. The van der Waals surface area contributed by atoms with Gasteiger partial charge in [-0.3, -0.25) is 10.1 Å². The van der Waals surface area contributed by atoms with Crippen LogP contribution in [0.2, 0.25) is 0 Å². The molecule has 1 atom stereocenters. The van der Waals surface area contributed by atoms with Crippen LogP contribution in [0.5, 0.6) is 5.75 Å². The highest BCUT2D eigenvalue weighted by atomic mass is 19.2. The van der Waals surface area contributed by atoms with E-state index in [4.69, 9.17) is 4.74 Å². The zero-order valence-electron chi connectivity index (χ0n) is 22.2. The number of nitro benzene ring substituents is 1. The Morgan fingerprint density at radius 1 is 1.13 bits per heavy atom. The van der Waals surface area contributed by atoms with E-state index in [1.807, 2.05) is 19.0 Å². The molecule has 0 amide bonds. The molecule has 0 spiro atoms. The van der Waals surface area contributed by atoms with Gasteiger partial charge in [0.05, 0.1) is 29.0 Å². The van der Waals surface area contributed by atoms with Crippen molar-refractivity contribution in [3.8, 4) is 5.75 Å². The molecule has 0 radical (unpaired) electrons. The van der Waals surface area contributed by atoms with Gasteiger partial charge in [0.2, 0.25) is 11.9 Å². The van der Waals surface area contributed by atoms with Gasteiger partial charge < -0.3 is 30.3 Å². The Hall–Kier alpha value is -4.17. The number of rotatable bonds is 9. The van der Waals surface area contributed by atoms with E-state index in [1.165, 1.54) is 33.4 Å². The third-order valence-electron chi connectivity index (χ3n) is 6.51. The number of nitrogens with zero attached hydrogens (tertiary/aromatic N) is 6. The molecule has 1 saturated heterocycles. The lowest BCUT2D eigenvalue weighted by Gasteiger charge is -2.23. The first-order chi connectivity index (χ1) is 18.4. The number of nitro groups is 1. The predicted octanol–water partition coefficient (Wildman–Crippen LogP) is 3.92. The van der Waals surface area contributed by atoms with Gasteiger partial charge in [-0.25, -0.2) is 18.7 Å². The number of aliphatic hydroxyl groups is 1. The summed E-state index contributed by atoms with van der Waals surface area (Å²) in [4.78, 5) is 27.9. The molecule has 14 heteroatoms. The molecule has 2 heterocycles. The van der Waals surface area contributed by atoms with Crippen LogP contribution in [0.15, 0.2) is 30.6 Å². The average Bonchev–Trinajstić information content (AvgIpc) is 3.36.